The van der Waals surface area contributed by atoms with Crippen LogP contribution in [0.2, 0.25) is 0 Å². The smallest absolute Gasteiger partial charge is 0.224 e. The number of aryl methyl sites for hydroxylation is 1. The monoisotopic (exact) mass is 335 g/mol. The average Bonchev–Trinajstić information content (AvgIpc) is 2.66. The fourth-order valence-corrected chi connectivity index (χ4v) is 2.82. The van der Waals surface area contributed by atoms with Crippen molar-refractivity contribution in [3.63, 3.8) is 0 Å². The highest BCUT2D eigenvalue weighted by molar-refractivity contribution is 6.02. The van der Waals surface area contributed by atoms with Crippen LogP contribution in [0.3, 0.4) is 0 Å². The first-order valence-electron chi connectivity index (χ1n) is 8.19. The number of hydrogen-bond donors (Lipinski definition) is 1. The summed E-state index contributed by atoms with van der Waals surface area (Å²) in [5, 5.41) is 5.16. The molecule has 4 nitrogen and oxygen atoms in total. The lowest BCUT2D eigenvalue weighted by Crippen LogP contribution is -2.12. The van der Waals surface area contributed by atoms with Gasteiger partial charge in [-0.05, 0) is 35.6 Å². The van der Waals surface area contributed by atoms with Crippen molar-refractivity contribution in [2.75, 3.05) is 19.5 Å². The lowest BCUT2D eigenvalue weighted by atomic mass is 10.1. The van der Waals surface area contributed by atoms with Crippen molar-refractivity contribution in [1.82, 2.24) is 0 Å². The fraction of sp³-hybridized carbons (Fsp3) is 0.190. The zero-order chi connectivity index (χ0) is 17.6. The van der Waals surface area contributed by atoms with Crippen LogP contribution in [0.25, 0.3) is 10.8 Å². The SMILES string of the molecule is COc1cc(CCC(=O)Nc2cccc3ccccc23)cc(OC)c1. The van der Waals surface area contributed by atoms with E-state index in [1.165, 1.54) is 0 Å². The second-order valence-corrected chi connectivity index (χ2v) is 5.80. The molecule has 0 saturated carbocycles. The summed E-state index contributed by atoms with van der Waals surface area (Å²) in [5.41, 5.74) is 1.84. The molecule has 0 aliphatic rings. The topological polar surface area (TPSA) is 47.6 Å². The summed E-state index contributed by atoms with van der Waals surface area (Å²) in [7, 11) is 3.23. The molecular weight excluding hydrogens is 314 g/mol. The summed E-state index contributed by atoms with van der Waals surface area (Å²) in [4.78, 5) is 12.4. The van der Waals surface area contributed by atoms with Crippen molar-refractivity contribution in [1.29, 1.82) is 0 Å². The second-order valence-electron chi connectivity index (χ2n) is 5.80. The molecule has 4 heteroatoms. The number of rotatable bonds is 6. The molecule has 0 aliphatic heterocycles. The average molecular weight is 335 g/mol. The molecule has 0 heterocycles. The first-order valence-corrected chi connectivity index (χ1v) is 8.19. The highest BCUT2D eigenvalue weighted by atomic mass is 16.5. The third-order valence-corrected chi connectivity index (χ3v) is 4.12. The second kappa shape index (κ2) is 7.71. The van der Waals surface area contributed by atoms with E-state index in [0.717, 1.165) is 33.5 Å². The number of amides is 1. The van der Waals surface area contributed by atoms with Gasteiger partial charge in [-0.25, -0.2) is 0 Å². The lowest BCUT2D eigenvalue weighted by Gasteiger charge is -2.10. The Morgan fingerprint density at radius 3 is 2.32 bits per heavy atom. The summed E-state index contributed by atoms with van der Waals surface area (Å²) < 4.78 is 10.5. The van der Waals surface area contributed by atoms with Gasteiger partial charge in [0.2, 0.25) is 5.91 Å². The Labute approximate surface area is 147 Å². The van der Waals surface area contributed by atoms with Crippen molar-refractivity contribution in [2.45, 2.75) is 12.8 Å². The van der Waals surface area contributed by atoms with E-state index in [0.29, 0.717) is 12.8 Å². The molecule has 0 fully saturated rings. The fourth-order valence-electron chi connectivity index (χ4n) is 2.82. The van der Waals surface area contributed by atoms with Crippen LogP contribution >= 0.6 is 0 Å². The first-order chi connectivity index (χ1) is 12.2. The maximum atomic E-state index is 12.4. The standard InChI is InChI=1S/C21H21NO3/c1-24-17-12-15(13-18(14-17)25-2)10-11-21(23)22-20-9-5-7-16-6-3-4-8-19(16)20/h3-9,12-14H,10-11H2,1-2H3,(H,22,23). The Bertz CT molecular complexity index is 862. The number of carbonyl (C=O) groups excluding carboxylic acids is 1. The van der Waals surface area contributed by atoms with Gasteiger partial charge in [0, 0.05) is 23.6 Å². The van der Waals surface area contributed by atoms with E-state index in [9.17, 15) is 4.79 Å². The van der Waals surface area contributed by atoms with Crippen LogP contribution in [0.4, 0.5) is 5.69 Å². The van der Waals surface area contributed by atoms with Gasteiger partial charge in [0.15, 0.2) is 0 Å². The molecule has 1 N–H and O–H groups in total. The zero-order valence-electron chi connectivity index (χ0n) is 14.4. The quantitative estimate of drug-likeness (QED) is 0.725. The number of anilines is 1. The van der Waals surface area contributed by atoms with E-state index in [-0.39, 0.29) is 5.91 Å². The normalized spacial score (nSPS) is 10.5. The van der Waals surface area contributed by atoms with Crippen LogP contribution in [-0.4, -0.2) is 20.1 Å². The highest BCUT2D eigenvalue weighted by Crippen LogP contribution is 2.25. The van der Waals surface area contributed by atoms with E-state index in [1.807, 2.05) is 60.7 Å². The summed E-state index contributed by atoms with van der Waals surface area (Å²) in [6, 6.07) is 19.6. The predicted molar refractivity (Wildman–Crippen MR) is 100 cm³/mol. The molecule has 1 amide bonds. The number of benzene rings is 3. The molecule has 0 unspecified atom stereocenters. The Morgan fingerprint density at radius 1 is 0.920 bits per heavy atom. The van der Waals surface area contributed by atoms with Crippen LogP contribution in [0.5, 0.6) is 11.5 Å². The van der Waals surface area contributed by atoms with Gasteiger partial charge in [0.1, 0.15) is 11.5 Å². The van der Waals surface area contributed by atoms with Gasteiger partial charge in [-0.3, -0.25) is 4.79 Å². The van der Waals surface area contributed by atoms with Crippen LogP contribution in [0, 0.1) is 0 Å². The molecule has 128 valence electrons. The maximum Gasteiger partial charge on any atom is 0.224 e. The van der Waals surface area contributed by atoms with Gasteiger partial charge in [0.05, 0.1) is 14.2 Å². The van der Waals surface area contributed by atoms with Crippen LogP contribution < -0.4 is 14.8 Å². The number of hydrogen-bond acceptors (Lipinski definition) is 3. The van der Waals surface area contributed by atoms with Crippen molar-refractivity contribution in [3.8, 4) is 11.5 Å². The third-order valence-electron chi connectivity index (χ3n) is 4.12. The van der Waals surface area contributed by atoms with E-state index in [2.05, 4.69) is 5.32 Å². The molecule has 0 atom stereocenters. The van der Waals surface area contributed by atoms with E-state index < -0.39 is 0 Å². The predicted octanol–water partition coefficient (Wildman–Crippen LogP) is 4.43. The van der Waals surface area contributed by atoms with E-state index in [4.69, 9.17) is 9.47 Å². The molecule has 25 heavy (non-hydrogen) atoms. The Kier molecular flexibility index (Phi) is 5.19. The molecule has 0 radical (unpaired) electrons. The summed E-state index contributed by atoms with van der Waals surface area (Å²) >= 11 is 0. The molecule has 3 rings (SSSR count). The van der Waals surface area contributed by atoms with E-state index in [1.54, 1.807) is 14.2 Å². The van der Waals surface area contributed by atoms with Gasteiger partial charge >= 0.3 is 0 Å². The number of ether oxygens (including phenoxy) is 2. The largest absolute Gasteiger partial charge is 0.497 e. The third kappa shape index (κ3) is 4.10. The maximum absolute atomic E-state index is 12.4. The molecule has 0 aliphatic carbocycles. The zero-order valence-corrected chi connectivity index (χ0v) is 14.4. The number of carbonyl (C=O) groups is 1. The van der Waals surface area contributed by atoms with Crippen LogP contribution in [0.15, 0.2) is 60.7 Å². The summed E-state index contributed by atoms with van der Waals surface area (Å²) in [5.74, 6) is 1.44. The van der Waals surface area contributed by atoms with Gasteiger partial charge in [-0.2, -0.15) is 0 Å². The minimum Gasteiger partial charge on any atom is -0.497 e. The molecule has 0 spiro atoms. The minimum atomic E-state index is -0.0156. The molecular formula is C21H21NO3. The number of fused-ring (bicyclic) bond motifs is 1. The van der Waals surface area contributed by atoms with Gasteiger partial charge in [-0.1, -0.05) is 36.4 Å². The molecule has 3 aromatic rings. The molecule has 0 saturated heterocycles. The van der Waals surface area contributed by atoms with Crippen molar-refractivity contribution >= 4 is 22.4 Å². The number of nitrogens with one attached hydrogen (secondary N) is 1. The van der Waals surface area contributed by atoms with E-state index >= 15 is 0 Å². The summed E-state index contributed by atoms with van der Waals surface area (Å²) in [6.45, 7) is 0. The van der Waals surface area contributed by atoms with Gasteiger partial charge in [-0.15, -0.1) is 0 Å². The molecule has 0 bridgehead atoms. The Balaban J connectivity index is 1.69. The minimum absolute atomic E-state index is 0.0156. The first kappa shape index (κ1) is 16.8. The highest BCUT2D eigenvalue weighted by Gasteiger charge is 2.08. The Hall–Kier alpha value is -3.01. The van der Waals surface area contributed by atoms with Crippen molar-refractivity contribution < 1.29 is 14.3 Å². The van der Waals surface area contributed by atoms with Gasteiger partial charge < -0.3 is 14.8 Å². The summed E-state index contributed by atoms with van der Waals surface area (Å²) in [6.07, 6.45) is 1.00. The molecule has 0 aromatic heterocycles. The molecule has 3 aromatic carbocycles. The Morgan fingerprint density at radius 2 is 1.60 bits per heavy atom. The van der Waals surface area contributed by atoms with Crippen LogP contribution in [0.1, 0.15) is 12.0 Å². The van der Waals surface area contributed by atoms with Crippen molar-refractivity contribution in [2.24, 2.45) is 0 Å². The van der Waals surface area contributed by atoms with Crippen molar-refractivity contribution in [3.05, 3.63) is 66.2 Å². The van der Waals surface area contributed by atoms with Crippen LogP contribution in [-0.2, 0) is 11.2 Å². The van der Waals surface area contributed by atoms with Gasteiger partial charge in [0.25, 0.3) is 0 Å². The number of methoxy groups -OCH3 is 2. The lowest BCUT2D eigenvalue weighted by molar-refractivity contribution is -0.116.